The molecule has 0 bridgehead atoms. The molecule has 4 heterocycles. The molecule has 0 spiro atoms. The van der Waals surface area contributed by atoms with Crippen LogP contribution in [-0.2, 0) is 16.1 Å². The number of cyclic esters (lactones) is 1. The van der Waals surface area contributed by atoms with Crippen molar-refractivity contribution >= 4 is 46.0 Å². The summed E-state index contributed by atoms with van der Waals surface area (Å²) in [6.07, 6.45) is 0.425. The lowest BCUT2D eigenvalue weighted by Gasteiger charge is -2.40. The first-order valence-electron chi connectivity index (χ1n) is 12.4. The fraction of sp³-hybridized carbons (Fsp3) is 0.370. The normalized spacial score (nSPS) is 19.9. The first-order valence-corrected chi connectivity index (χ1v) is 13.4. The zero-order chi connectivity index (χ0) is 25.5. The Kier molecular flexibility index (Phi) is 6.29. The van der Waals surface area contributed by atoms with Gasteiger partial charge in [0, 0.05) is 54.8 Å². The minimum absolute atomic E-state index is 0.00361. The Morgan fingerprint density at radius 2 is 1.92 bits per heavy atom. The van der Waals surface area contributed by atoms with Gasteiger partial charge < -0.3 is 24.3 Å². The van der Waals surface area contributed by atoms with Gasteiger partial charge in [-0.15, -0.1) is 11.8 Å². The average Bonchev–Trinajstić information content (AvgIpc) is 3.25. The third-order valence-corrected chi connectivity index (χ3v) is 8.36. The van der Waals surface area contributed by atoms with Gasteiger partial charge in [-0.1, -0.05) is 0 Å². The standard InChI is InChI=1S/C27H28N4O5S/c1-35-21-5-2-18-3-7-26(33)30(23(18)11-21)14-17-12-29(13-17)9-8-20-15-36-27(34)31(20)19-4-6-24-22(10-19)28-25(32)16-37-24/h2-7,10-11,17,20H,8-9,12-16H2,1H3,(H,28,32)/t20-/m0/s1. The number of nitrogens with one attached hydrogen (secondary N) is 1. The van der Waals surface area contributed by atoms with E-state index in [4.69, 9.17) is 9.47 Å². The first kappa shape index (κ1) is 23.9. The molecular formula is C27H28N4O5S. The van der Waals surface area contributed by atoms with Crippen molar-refractivity contribution in [1.29, 1.82) is 0 Å². The quantitative estimate of drug-likeness (QED) is 0.510. The Morgan fingerprint density at radius 3 is 2.76 bits per heavy atom. The number of pyridine rings is 1. The number of nitrogens with zero attached hydrogens (tertiary/aromatic N) is 3. The van der Waals surface area contributed by atoms with Crippen molar-refractivity contribution in [3.63, 3.8) is 0 Å². The number of aromatic nitrogens is 1. The number of carbonyl (C=O) groups excluding carboxylic acids is 2. The molecule has 0 aliphatic carbocycles. The van der Waals surface area contributed by atoms with E-state index >= 15 is 0 Å². The number of amides is 2. The third kappa shape index (κ3) is 4.67. The predicted molar refractivity (Wildman–Crippen MR) is 143 cm³/mol. The number of benzene rings is 2. The van der Waals surface area contributed by atoms with Crippen LogP contribution in [0, 0.1) is 5.92 Å². The number of anilines is 2. The van der Waals surface area contributed by atoms with E-state index in [1.54, 1.807) is 18.1 Å². The van der Waals surface area contributed by atoms with Crippen LogP contribution in [0.5, 0.6) is 5.75 Å². The summed E-state index contributed by atoms with van der Waals surface area (Å²) >= 11 is 1.50. The zero-order valence-corrected chi connectivity index (χ0v) is 21.3. The van der Waals surface area contributed by atoms with Gasteiger partial charge in [-0.05, 0) is 48.2 Å². The van der Waals surface area contributed by atoms with Crippen LogP contribution in [0.4, 0.5) is 16.2 Å². The molecule has 2 saturated heterocycles. The van der Waals surface area contributed by atoms with Gasteiger partial charge in [0.15, 0.2) is 0 Å². The van der Waals surface area contributed by atoms with Crippen molar-refractivity contribution < 1.29 is 19.1 Å². The van der Waals surface area contributed by atoms with Gasteiger partial charge in [-0.3, -0.25) is 14.5 Å². The molecule has 192 valence electrons. The molecule has 37 heavy (non-hydrogen) atoms. The van der Waals surface area contributed by atoms with E-state index in [0.29, 0.717) is 24.8 Å². The summed E-state index contributed by atoms with van der Waals surface area (Å²) in [5, 5.41) is 3.91. The molecule has 3 aliphatic rings. The molecule has 2 aromatic carbocycles. The Balaban J connectivity index is 1.08. The van der Waals surface area contributed by atoms with Crippen LogP contribution in [0.2, 0.25) is 0 Å². The molecule has 3 aliphatic heterocycles. The molecule has 1 N–H and O–H groups in total. The summed E-state index contributed by atoms with van der Waals surface area (Å²) in [6, 6.07) is 14.9. The Bertz CT molecular complexity index is 1430. The molecule has 3 aromatic rings. The minimum Gasteiger partial charge on any atom is -0.497 e. The Hall–Kier alpha value is -3.50. The minimum atomic E-state index is -0.355. The van der Waals surface area contributed by atoms with Gasteiger partial charge in [0.25, 0.3) is 5.56 Å². The topological polar surface area (TPSA) is 93.1 Å². The lowest BCUT2D eigenvalue weighted by molar-refractivity contribution is -0.113. The molecule has 10 heteroatoms. The lowest BCUT2D eigenvalue weighted by Crippen LogP contribution is -2.50. The molecule has 0 radical (unpaired) electrons. The van der Waals surface area contributed by atoms with E-state index in [9.17, 15) is 14.4 Å². The van der Waals surface area contributed by atoms with E-state index < -0.39 is 0 Å². The highest BCUT2D eigenvalue weighted by Gasteiger charge is 2.36. The molecule has 9 nitrogen and oxygen atoms in total. The smallest absolute Gasteiger partial charge is 0.414 e. The summed E-state index contributed by atoms with van der Waals surface area (Å²) in [4.78, 5) is 42.0. The fourth-order valence-electron chi connectivity index (χ4n) is 5.36. The Morgan fingerprint density at radius 1 is 1.08 bits per heavy atom. The summed E-state index contributed by atoms with van der Waals surface area (Å²) in [5.41, 5.74) is 2.36. The van der Waals surface area contributed by atoms with E-state index in [1.807, 2.05) is 47.0 Å². The second-order valence-corrected chi connectivity index (χ2v) is 10.8. The van der Waals surface area contributed by atoms with Crippen LogP contribution < -0.4 is 20.5 Å². The SMILES string of the molecule is COc1ccc2ccc(=O)n(CC3CN(CC[C@H]4COC(=O)N4c4ccc5c(c4)NC(=O)CS5)C3)c2c1. The summed E-state index contributed by atoms with van der Waals surface area (Å²) in [6.45, 7) is 3.65. The van der Waals surface area contributed by atoms with Crippen molar-refractivity contribution in [3.8, 4) is 5.75 Å². The van der Waals surface area contributed by atoms with E-state index in [2.05, 4.69) is 10.2 Å². The van der Waals surface area contributed by atoms with Crippen molar-refractivity contribution in [1.82, 2.24) is 9.47 Å². The predicted octanol–water partition coefficient (Wildman–Crippen LogP) is 3.40. The van der Waals surface area contributed by atoms with Gasteiger partial charge >= 0.3 is 6.09 Å². The number of carbonyl (C=O) groups is 2. The zero-order valence-electron chi connectivity index (χ0n) is 20.5. The molecule has 1 aromatic heterocycles. The molecule has 6 rings (SSSR count). The van der Waals surface area contributed by atoms with Gasteiger partial charge in [0.2, 0.25) is 5.91 Å². The molecular weight excluding hydrogens is 492 g/mol. The molecule has 2 fully saturated rings. The van der Waals surface area contributed by atoms with E-state index in [-0.39, 0.29) is 23.6 Å². The average molecular weight is 521 g/mol. The number of methoxy groups -OCH3 is 1. The van der Waals surface area contributed by atoms with Crippen LogP contribution >= 0.6 is 11.8 Å². The second kappa shape index (κ2) is 9.75. The Labute approximate surface area is 218 Å². The monoisotopic (exact) mass is 520 g/mol. The number of hydrogen-bond acceptors (Lipinski definition) is 7. The van der Waals surface area contributed by atoms with Crippen molar-refractivity contribution in [2.24, 2.45) is 5.92 Å². The number of hydrogen-bond donors (Lipinski definition) is 1. The number of fused-ring (bicyclic) bond motifs is 2. The van der Waals surface area contributed by atoms with Crippen molar-refractivity contribution in [2.75, 3.05) is 49.3 Å². The highest BCUT2D eigenvalue weighted by atomic mass is 32.2. The first-order chi connectivity index (χ1) is 18.0. The van der Waals surface area contributed by atoms with E-state index in [0.717, 1.165) is 59.0 Å². The highest BCUT2D eigenvalue weighted by molar-refractivity contribution is 8.00. The summed E-state index contributed by atoms with van der Waals surface area (Å²) in [5.74, 6) is 1.49. The van der Waals surface area contributed by atoms with E-state index in [1.165, 1.54) is 11.8 Å². The van der Waals surface area contributed by atoms with Crippen LogP contribution in [0.25, 0.3) is 10.9 Å². The van der Waals surface area contributed by atoms with Gasteiger partial charge in [0.1, 0.15) is 12.4 Å². The number of thioether (sulfide) groups is 1. The van der Waals surface area contributed by atoms with Crippen molar-refractivity contribution in [3.05, 3.63) is 58.9 Å². The molecule has 1 atom stereocenters. The maximum Gasteiger partial charge on any atom is 0.414 e. The maximum atomic E-state index is 12.6. The second-order valence-electron chi connectivity index (χ2n) is 9.74. The van der Waals surface area contributed by atoms with Crippen LogP contribution in [-0.4, -0.2) is 66.6 Å². The van der Waals surface area contributed by atoms with Gasteiger partial charge in [0.05, 0.1) is 30.1 Å². The number of likely N-dealkylation sites (tertiary alicyclic amines) is 1. The molecule has 0 saturated carbocycles. The number of ether oxygens (including phenoxy) is 2. The highest BCUT2D eigenvalue weighted by Crippen LogP contribution is 2.36. The van der Waals surface area contributed by atoms with Crippen LogP contribution in [0.3, 0.4) is 0 Å². The molecule has 0 unspecified atom stereocenters. The van der Waals surface area contributed by atoms with Crippen LogP contribution in [0.15, 0.2) is 58.2 Å². The number of rotatable bonds is 7. The largest absolute Gasteiger partial charge is 0.497 e. The summed E-state index contributed by atoms with van der Waals surface area (Å²) in [7, 11) is 1.63. The maximum absolute atomic E-state index is 12.6. The third-order valence-electron chi connectivity index (χ3n) is 7.29. The summed E-state index contributed by atoms with van der Waals surface area (Å²) < 4.78 is 12.6. The molecule has 2 amide bonds. The lowest BCUT2D eigenvalue weighted by atomic mass is 9.98. The fourth-order valence-corrected chi connectivity index (χ4v) is 6.15. The van der Waals surface area contributed by atoms with Crippen molar-refractivity contribution in [2.45, 2.75) is 23.9 Å². The van der Waals surface area contributed by atoms with Gasteiger partial charge in [-0.25, -0.2) is 4.79 Å². The van der Waals surface area contributed by atoms with Crippen LogP contribution in [0.1, 0.15) is 6.42 Å². The van der Waals surface area contributed by atoms with Gasteiger partial charge in [-0.2, -0.15) is 0 Å².